The number of benzene rings is 2. The van der Waals surface area contributed by atoms with E-state index in [1.165, 1.54) is 16.7 Å². The molecule has 2 aromatic carbocycles. The third-order valence-corrected chi connectivity index (χ3v) is 2.94. The molecule has 2 nitrogen and oxygen atoms in total. The standard InChI is InChI=1S/C15H18N2/c1-11-4-6-12(7-5-11)13-8-9-14(16-2)15(10-13)17-3/h4-10,16-17H,1-3H3. The fraction of sp³-hybridized carbons (Fsp3) is 0.200. The fourth-order valence-corrected chi connectivity index (χ4v) is 1.89. The summed E-state index contributed by atoms with van der Waals surface area (Å²) in [5.41, 5.74) is 5.99. The van der Waals surface area contributed by atoms with Crippen molar-refractivity contribution in [1.29, 1.82) is 0 Å². The lowest BCUT2D eigenvalue weighted by Crippen LogP contribution is -1.96. The molecule has 0 aliphatic rings. The zero-order valence-electron chi connectivity index (χ0n) is 10.5. The zero-order chi connectivity index (χ0) is 12.3. The molecule has 0 radical (unpaired) electrons. The maximum atomic E-state index is 3.21. The first-order valence-electron chi connectivity index (χ1n) is 5.81. The van der Waals surface area contributed by atoms with Crippen LogP contribution in [0.3, 0.4) is 0 Å². The van der Waals surface area contributed by atoms with Crippen molar-refractivity contribution in [2.24, 2.45) is 0 Å². The molecule has 0 amide bonds. The Morgan fingerprint density at radius 1 is 0.706 bits per heavy atom. The molecule has 0 saturated heterocycles. The second-order valence-corrected chi connectivity index (χ2v) is 4.13. The molecule has 0 heterocycles. The summed E-state index contributed by atoms with van der Waals surface area (Å²) in [7, 11) is 3.87. The Kier molecular flexibility index (Phi) is 3.33. The molecule has 17 heavy (non-hydrogen) atoms. The number of rotatable bonds is 3. The van der Waals surface area contributed by atoms with Gasteiger partial charge in [0.15, 0.2) is 0 Å². The van der Waals surface area contributed by atoms with Gasteiger partial charge in [0.25, 0.3) is 0 Å². The normalized spacial score (nSPS) is 10.1. The monoisotopic (exact) mass is 226 g/mol. The summed E-state index contributed by atoms with van der Waals surface area (Å²) in [5.74, 6) is 0. The van der Waals surface area contributed by atoms with Crippen LogP contribution < -0.4 is 10.6 Å². The van der Waals surface area contributed by atoms with Gasteiger partial charge in [-0.1, -0.05) is 35.9 Å². The number of anilines is 2. The summed E-state index contributed by atoms with van der Waals surface area (Å²) in [6, 6.07) is 15.0. The van der Waals surface area contributed by atoms with Gasteiger partial charge in [0.05, 0.1) is 11.4 Å². The molecule has 0 aromatic heterocycles. The first-order chi connectivity index (χ1) is 8.24. The zero-order valence-corrected chi connectivity index (χ0v) is 10.5. The quantitative estimate of drug-likeness (QED) is 0.833. The van der Waals surface area contributed by atoms with E-state index in [4.69, 9.17) is 0 Å². The highest BCUT2D eigenvalue weighted by molar-refractivity contribution is 5.77. The van der Waals surface area contributed by atoms with Crippen molar-refractivity contribution in [3.8, 4) is 11.1 Å². The summed E-state index contributed by atoms with van der Waals surface area (Å²) in [6.07, 6.45) is 0. The van der Waals surface area contributed by atoms with E-state index in [9.17, 15) is 0 Å². The molecule has 0 aliphatic carbocycles. The SMILES string of the molecule is CNc1ccc(-c2ccc(C)cc2)cc1NC. The van der Waals surface area contributed by atoms with Crippen LogP contribution in [-0.4, -0.2) is 14.1 Å². The molecule has 0 saturated carbocycles. The van der Waals surface area contributed by atoms with Crippen LogP contribution in [0, 0.1) is 6.92 Å². The van der Waals surface area contributed by atoms with Gasteiger partial charge in [-0.25, -0.2) is 0 Å². The molecule has 2 rings (SSSR count). The van der Waals surface area contributed by atoms with Gasteiger partial charge in [-0.3, -0.25) is 0 Å². The molecule has 2 N–H and O–H groups in total. The molecule has 88 valence electrons. The van der Waals surface area contributed by atoms with E-state index in [0.717, 1.165) is 11.4 Å². The van der Waals surface area contributed by atoms with E-state index >= 15 is 0 Å². The van der Waals surface area contributed by atoms with Crippen molar-refractivity contribution >= 4 is 11.4 Å². The average molecular weight is 226 g/mol. The highest BCUT2D eigenvalue weighted by Crippen LogP contribution is 2.28. The van der Waals surface area contributed by atoms with E-state index in [2.05, 4.69) is 60.0 Å². The highest BCUT2D eigenvalue weighted by Gasteiger charge is 2.02. The van der Waals surface area contributed by atoms with Gasteiger partial charge >= 0.3 is 0 Å². The lowest BCUT2D eigenvalue weighted by Gasteiger charge is -2.11. The molecule has 0 atom stereocenters. The minimum atomic E-state index is 1.11. The topological polar surface area (TPSA) is 24.1 Å². The van der Waals surface area contributed by atoms with Gasteiger partial charge in [0.1, 0.15) is 0 Å². The van der Waals surface area contributed by atoms with Crippen molar-refractivity contribution in [1.82, 2.24) is 0 Å². The van der Waals surface area contributed by atoms with E-state index in [-0.39, 0.29) is 0 Å². The number of nitrogens with one attached hydrogen (secondary N) is 2. The Balaban J connectivity index is 2.42. The summed E-state index contributed by atoms with van der Waals surface area (Å²) >= 11 is 0. The van der Waals surface area contributed by atoms with Crippen molar-refractivity contribution in [2.45, 2.75) is 6.92 Å². The highest BCUT2D eigenvalue weighted by atomic mass is 14.9. The van der Waals surface area contributed by atoms with E-state index in [0.29, 0.717) is 0 Å². The largest absolute Gasteiger partial charge is 0.386 e. The van der Waals surface area contributed by atoms with Gasteiger partial charge in [0.2, 0.25) is 0 Å². The van der Waals surface area contributed by atoms with Crippen LogP contribution in [0.2, 0.25) is 0 Å². The first kappa shape index (κ1) is 11.5. The van der Waals surface area contributed by atoms with E-state index in [1.807, 2.05) is 14.1 Å². The van der Waals surface area contributed by atoms with Crippen LogP contribution in [0.1, 0.15) is 5.56 Å². The van der Waals surface area contributed by atoms with Gasteiger partial charge in [-0.05, 0) is 30.2 Å². The van der Waals surface area contributed by atoms with Crippen LogP contribution in [0.25, 0.3) is 11.1 Å². The van der Waals surface area contributed by atoms with Crippen LogP contribution >= 0.6 is 0 Å². The summed E-state index contributed by atoms with van der Waals surface area (Å²) in [5, 5.41) is 6.38. The lowest BCUT2D eigenvalue weighted by atomic mass is 10.0. The van der Waals surface area contributed by atoms with Crippen molar-refractivity contribution in [3.05, 3.63) is 48.0 Å². The number of hydrogen-bond acceptors (Lipinski definition) is 2. The Bertz CT molecular complexity index is 501. The van der Waals surface area contributed by atoms with Crippen molar-refractivity contribution < 1.29 is 0 Å². The molecule has 0 spiro atoms. The Labute approximate surface area is 103 Å². The summed E-state index contributed by atoms with van der Waals surface area (Å²) in [4.78, 5) is 0. The third-order valence-electron chi connectivity index (χ3n) is 2.94. The molecule has 0 unspecified atom stereocenters. The Hall–Kier alpha value is -1.96. The van der Waals surface area contributed by atoms with Crippen molar-refractivity contribution in [3.63, 3.8) is 0 Å². The maximum Gasteiger partial charge on any atom is 0.0579 e. The molecule has 0 fully saturated rings. The average Bonchev–Trinajstić information content (AvgIpc) is 2.39. The van der Waals surface area contributed by atoms with Crippen molar-refractivity contribution in [2.75, 3.05) is 24.7 Å². The molecule has 0 aliphatic heterocycles. The maximum absolute atomic E-state index is 3.21. The predicted octanol–water partition coefficient (Wildman–Crippen LogP) is 3.75. The van der Waals surface area contributed by atoms with Crippen LogP contribution in [0.5, 0.6) is 0 Å². The van der Waals surface area contributed by atoms with Crippen LogP contribution in [-0.2, 0) is 0 Å². The predicted molar refractivity (Wildman–Crippen MR) is 75.7 cm³/mol. The molecule has 0 bridgehead atoms. The smallest absolute Gasteiger partial charge is 0.0579 e. The first-order valence-corrected chi connectivity index (χ1v) is 5.81. The van der Waals surface area contributed by atoms with E-state index < -0.39 is 0 Å². The summed E-state index contributed by atoms with van der Waals surface area (Å²) in [6.45, 7) is 2.10. The molecular formula is C15H18N2. The fourth-order valence-electron chi connectivity index (χ4n) is 1.89. The Morgan fingerprint density at radius 3 is 1.88 bits per heavy atom. The number of hydrogen-bond donors (Lipinski definition) is 2. The number of aryl methyl sites for hydroxylation is 1. The van der Waals surface area contributed by atoms with Gasteiger partial charge in [-0.2, -0.15) is 0 Å². The van der Waals surface area contributed by atoms with Crippen LogP contribution in [0.4, 0.5) is 11.4 Å². The van der Waals surface area contributed by atoms with E-state index in [1.54, 1.807) is 0 Å². The molecule has 2 aromatic rings. The molecular weight excluding hydrogens is 208 g/mol. The second kappa shape index (κ2) is 4.91. The minimum Gasteiger partial charge on any atom is -0.386 e. The second-order valence-electron chi connectivity index (χ2n) is 4.13. The summed E-state index contributed by atoms with van der Waals surface area (Å²) < 4.78 is 0. The Morgan fingerprint density at radius 2 is 1.29 bits per heavy atom. The minimum absolute atomic E-state index is 1.11. The lowest BCUT2D eigenvalue weighted by molar-refractivity contribution is 1.44. The van der Waals surface area contributed by atoms with Gasteiger partial charge < -0.3 is 10.6 Å². The molecule has 2 heteroatoms. The third kappa shape index (κ3) is 2.41. The van der Waals surface area contributed by atoms with Gasteiger partial charge in [-0.15, -0.1) is 0 Å². The van der Waals surface area contributed by atoms with Crippen LogP contribution in [0.15, 0.2) is 42.5 Å². The van der Waals surface area contributed by atoms with Gasteiger partial charge in [0, 0.05) is 14.1 Å².